The van der Waals surface area contributed by atoms with E-state index in [0.717, 1.165) is 23.2 Å². The molecule has 6 nitrogen and oxygen atoms in total. The lowest BCUT2D eigenvalue weighted by molar-refractivity contribution is -0.117. The molecule has 0 saturated carbocycles. The summed E-state index contributed by atoms with van der Waals surface area (Å²) in [5, 5.41) is 0.526. The highest BCUT2D eigenvalue weighted by molar-refractivity contribution is 6.32. The van der Waals surface area contributed by atoms with Crippen molar-refractivity contribution in [2.45, 2.75) is 6.42 Å². The van der Waals surface area contributed by atoms with E-state index in [2.05, 4.69) is 4.99 Å². The fraction of sp³-hybridized carbons (Fsp3) is 0.250. The molecule has 3 aliphatic heterocycles. The van der Waals surface area contributed by atoms with Crippen molar-refractivity contribution >= 4 is 40.7 Å². The van der Waals surface area contributed by atoms with Gasteiger partial charge in [0.15, 0.2) is 0 Å². The molecule has 0 bridgehead atoms. The molecular formula is C20H17ClN4O2. The van der Waals surface area contributed by atoms with Gasteiger partial charge in [-0.15, -0.1) is 0 Å². The number of amidine groups is 1. The van der Waals surface area contributed by atoms with Crippen LogP contribution >= 0.6 is 11.6 Å². The van der Waals surface area contributed by atoms with Crippen LogP contribution in [0.15, 0.2) is 47.5 Å². The lowest BCUT2D eigenvalue weighted by Crippen LogP contribution is -2.53. The van der Waals surface area contributed by atoms with E-state index in [1.54, 1.807) is 21.9 Å². The number of hydrogen-bond acceptors (Lipinski definition) is 3. The summed E-state index contributed by atoms with van der Waals surface area (Å²) in [6, 6.07) is 13.1. The summed E-state index contributed by atoms with van der Waals surface area (Å²) >= 11 is 6.18. The Labute approximate surface area is 161 Å². The van der Waals surface area contributed by atoms with Crippen molar-refractivity contribution in [2.24, 2.45) is 4.99 Å². The fourth-order valence-electron chi connectivity index (χ4n) is 4.00. The van der Waals surface area contributed by atoms with Crippen molar-refractivity contribution in [3.05, 3.63) is 58.6 Å². The number of carbonyl (C=O) groups is 2. The van der Waals surface area contributed by atoms with Crippen LogP contribution in [0.1, 0.15) is 11.1 Å². The molecule has 0 radical (unpaired) electrons. The van der Waals surface area contributed by atoms with Gasteiger partial charge in [-0.2, -0.15) is 0 Å². The molecule has 136 valence electrons. The highest BCUT2D eigenvalue weighted by atomic mass is 35.5. The maximum Gasteiger partial charge on any atom is 0.330 e. The average Bonchev–Trinajstić information content (AvgIpc) is 3.32. The number of hydrogen-bond donors (Lipinski definition) is 0. The van der Waals surface area contributed by atoms with Gasteiger partial charge in [-0.3, -0.25) is 19.6 Å². The zero-order valence-corrected chi connectivity index (χ0v) is 15.3. The van der Waals surface area contributed by atoms with E-state index in [0.29, 0.717) is 36.2 Å². The summed E-state index contributed by atoms with van der Waals surface area (Å²) in [5.41, 5.74) is 3.58. The van der Waals surface area contributed by atoms with Crippen molar-refractivity contribution in [2.75, 3.05) is 36.0 Å². The molecule has 3 aliphatic rings. The van der Waals surface area contributed by atoms with Crippen LogP contribution < -0.4 is 9.80 Å². The summed E-state index contributed by atoms with van der Waals surface area (Å²) < 4.78 is 0. The highest BCUT2D eigenvalue weighted by Gasteiger charge is 2.39. The molecule has 27 heavy (non-hydrogen) atoms. The standard InChI is InChI=1S/C20H17ClN4O2/c21-14-5-6-15-17(11-14)25(20(27)24-10-8-22-19(15)24)12-18(26)23-9-7-13-3-1-2-4-16(13)23/h1-6,11H,7-10,12H2. The van der Waals surface area contributed by atoms with E-state index >= 15 is 0 Å². The third kappa shape index (κ3) is 2.51. The molecule has 0 atom stereocenters. The maximum absolute atomic E-state index is 13.1. The Morgan fingerprint density at radius 3 is 2.85 bits per heavy atom. The lowest BCUT2D eigenvalue weighted by Gasteiger charge is -2.35. The molecule has 3 amide bonds. The molecule has 0 saturated heterocycles. The van der Waals surface area contributed by atoms with Gasteiger partial charge >= 0.3 is 6.03 Å². The minimum atomic E-state index is -0.221. The molecule has 7 heteroatoms. The topological polar surface area (TPSA) is 56.2 Å². The molecule has 0 N–H and O–H groups in total. The maximum atomic E-state index is 13.1. The van der Waals surface area contributed by atoms with Gasteiger partial charge in [-0.25, -0.2) is 4.79 Å². The summed E-state index contributed by atoms with van der Waals surface area (Å²) in [5.74, 6) is 0.570. The first-order valence-electron chi connectivity index (χ1n) is 8.95. The monoisotopic (exact) mass is 380 g/mol. The van der Waals surface area contributed by atoms with Crippen molar-refractivity contribution in [1.82, 2.24) is 4.90 Å². The summed E-state index contributed by atoms with van der Waals surface area (Å²) in [6.07, 6.45) is 0.835. The Balaban J connectivity index is 1.49. The normalized spacial score (nSPS) is 17.6. The Hall–Kier alpha value is -2.86. The number of aliphatic imine (C=N–C) groups is 1. The predicted octanol–water partition coefficient (Wildman–Crippen LogP) is 2.93. The predicted molar refractivity (Wildman–Crippen MR) is 105 cm³/mol. The van der Waals surface area contributed by atoms with Gasteiger partial charge in [0, 0.05) is 29.4 Å². The number of fused-ring (bicyclic) bond motifs is 4. The highest BCUT2D eigenvalue weighted by Crippen LogP contribution is 2.34. The SMILES string of the molecule is O=C(CN1C(=O)N2CCN=C2c2ccc(Cl)cc21)N1CCc2ccccc21. The zero-order valence-electron chi connectivity index (χ0n) is 14.6. The number of anilines is 2. The van der Waals surface area contributed by atoms with Gasteiger partial charge in [-0.1, -0.05) is 29.8 Å². The molecule has 0 fully saturated rings. The second-order valence-electron chi connectivity index (χ2n) is 6.81. The molecule has 3 heterocycles. The molecule has 2 aromatic rings. The molecular weight excluding hydrogens is 364 g/mol. The van der Waals surface area contributed by atoms with Crippen LogP contribution in [0.2, 0.25) is 5.02 Å². The second-order valence-corrected chi connectivity index (χ2v) is 7.25. The van der Waals surface area contributed by atoms with E-state index in [1.807, 2.05) is 30.3 Å². The van der Waals surface area contributed by atoms with Crippen LogP contribution in [-0.4, -0.2) is 48.9 Å². The Kier molecular flexibility index (Phi) is 3.68. The van der Waals surface area contributed by atoms with E-state index in [-0.39, 0.29) is 18.5 Å². The van der Waals surface area contributed by atoms with Crippen LogP contribution in [0.25, 0.3) is 0 Å². The smallest absolute Gasteiger partial charge is 0.310 e. The summed E-state index contributed by atoms with van der Waals surface area (Å²) in [4.78, 5) is 35.5. The minimum absolute atomic E-state index is 0.0235. The number of benzene rings is 2. The molecule has 0 aromatic heterocycles. The summed E-state index contributed by atoms with van der Waals surface area (Å²) in [7, 11) is 0. The second kappa shape index (κ2) is 6.09. The van der Waals surface area contributed by atoms with Gasteiger partial charge in [0.2, 0.25) is 5.91 Å². The largest absolute Gasteiger partial charge is 0.330 e. The number of carbonyl (C=O) groups excluding carboxylic acids is 2. The number of halogens is 1. The quantitative estimate of drug-likeness (QED) is 0.804. The molecule has 2 aromatic carbocycles. The third-order valence-corrected chi connectivity index (χ3v) is 5.51. The van der Waals surface area contributed by atoms with Crippen molar-refractivity contribution in [3.63, 3.8) is 0 Å². The lowest BCUT2D eigenvalue weighted by atomic mass is 10.1. The fourth-order valence-corrected chi connectivity index (χ4v) is 4.17. The molecule has 0 aliphatic carbocycles. The van der Waals surface area contributed by atoms with Crippen LogP contribution in [0.5, 0.6) is 0 Å². The van der Waals surface area contributed by atoms with Gasteiger partial charge in [0.25, 0.3) is 0 Å². The van der Waals surface area contributed by atoms with Crippen LogP contribution in [0.4, 0.5) is 16.2 Å². The van der Waals surface area contributed by atoms with Gasteiger partial charge in [0.1, 0.15) is 12.4 Å². The van der Waals surface area contributed by atoms with Gasteiger partial charge < -0.3 is 4.90 Å². The molecule has 5 rings (SSSR count). The van der Waals surface area contributed by atoms with Gasteiger partial charge in [-0.05, 0) is 36.2 Å². The van der Waals surface area contributed by atoms with Crippen LogP contribution in [-0.2, 0) is 11.2 Å². The van der Waals surface area contributed by atoms with E-state index in [9.17, 15) is 9.59 Å². The van der Waals surface area contributed by atoms with Crippen molar-refractivity contribution in [1.29, 1.82) is 0 Å². The Morgan fingerprint density at radius 2 is 1.96 bits per heavy atom. The third-order valence-electron chi connectivity index (χ3n) is 5.28. The van der Waals surface area contributed by atoms with Crippen molar-refractivity contribution < 1.29 is 9.59 Å². The summed E-state index contributed by atoms with van der Waals surface area (Å²) in [6.45, 7) is 1.72. The van der Waals surface area contributed by atoms with E-state index < -0.39 is 0 Å². The first kappa shape index (κ1) is 16.3. The minimum Gasteiger partial charge on any atom is -0.310 e. The molecule has 0 unspecified atom stereocenters. The van der Waals surface area contributed by atoms with Crippen LogP contribution in [0.3, 0.4) is 0 Å². The van der Waals surface area contributed by atoms with Crippen LogP contribution in [0, 0.1) is 0 Å². The zero-order chi connectivity index (χ0) is 18.5. The van der Waals surface area contributed by atoms with E-state index in [4.69, 9.17) is 11.6 Å². The average molecular weight is 381 g/mol. The Bertz CT molecular complexity index is 1000. The number of para-hydroxylation sites is 1. The Morgan fingerprint density at radius 1 is 1.11 bits per heavy atom. The van der Waals surface area contributed by atoms with Crippen molar-refractivity contribution in [3.8, 4) is 0 Å². The van der Waals surface area contributed by atoms with Gasteiger partial charge in [0.05, 0.1) is 12.2 Å². The number of nitrogens with zero attached hydrogens (tertiary/aromatic N) is 4. The number of rotatable bonds is 2. The first-order chi connectivity index (χ1) is 13.1. The van der Waals surface area contributed by atoms with E-state index in [1.165, 1.54) is 4.90 Å². The molecule has 0 spiro atoms. The number of amides is 3. The number of urea groups is 1. The first-order valence-corrected chi connectivity index (χ1v) is 9.33.